The smallest absolute Gasteiger partial charge is 0.279 e. The SMILES string of the molecule is COc1ccc(NC(=O)C[NH+](C)CC(=O)Nc2ccccc2C(=O)Nc2ccccc2)cc1. The average Bonchev–Trinajstić information content (AvgIpc) is 2.80. The Labute approximate surface area is 192 Å². The predicted molar refractivity (Wildman–Crippen MR) is 128 cm³/mol. The van der Waals surface area contributed by atoms with Gasteiger partial charge in [-0.25, -0.2) is 0 Å². The summed E-state index contributed by atoms with van der Waals surface area (Å²) in [6, 6.07) is 22.9. The minimum atomic E-state index is -0.323. The number of quaternary nitrogens is 1. The van der Waals surface area contributed by atoms with Gasteiger partial charge in [-0.2, -0.15) is 0 Å². The number of carbonyl (C=O) groups is 3. The summed E-state index contributed by atoms with van der Waals surface area (Å²) in [5, 5.41) is 8.38. The topological polar surface area (TPSA) is 101 Å². The first kappa shape index (κ1) is 23.5. The Kier molecular flexibility index (Phi) is 8.15. The number of carbonyl (C=O) groups excluding carboxylic acids is 3. The van der Waals surface area contributed by atoms with E-state index >= 15 is 0 Å². The molecular formula is C25H27N4O4+. The third kappa shape index (κ3) is 7.19. The second-order valence-electron chi connectivity index (χ2n) is 7.50. The lowest BCUT2D eigenvalue weighted by molar-refractivity contribution is -0.862. The van der Waals surface area contributed by atoms with Crippen molar-refractivity contribution in [1.82, 2.24) is 0 Å². The van der Waals surface area contributed by atoms with Crippen molar-refractivity contribution in [1.29, 1.82) is 0 Å². The maximum absolute atomic E-state index is 12.7. The summed E-state index contributed by atoms with van der Waals surface area (Å²) >= 11 is 0. The maximum atomic E-state index is 12.7. The molecule has 0 fully saturated rings. The lowest BCUT2D eigenvalue weighted by atomic mass is 10.1. The molecule has 0 saturated heterocycles. The number of anilines is 3. The minimum absolute atomic E-state index is 0.0602. The molecule has 8 nitrogen and oxygen atoms in total. The first-order valence-electron chi connectivity index (χ1n) is 10.4. The van der Waals surface area contributed by atoms with Crippen LogP contribution in [0.25, 0.3) is 0 Å². The van der Waals surface area contributed by atoms with Gasteiger partial charge in [0.2, 0.25) is 0 Å². The van der Waals surface area contributed by atoms with Gasteiger partial charge < -0.3 is 25.6 Å². The van der Waals surface area contributed by atoms with E-state index in [-0.39, 0.29) is 30.8 Å². The number of hydrogen-bond acceptors (Lipinski definition) is 4. The minimum Gasteiger partial charge on any atom is -0.497 e. The molecule has 0 radical (unpaired) electrons. The molecule has 1 unspecified atom stereocenters. The molecule has 33 heavy (non-hydrogen) atoms. The third-order valence-corrected chi connectivity index (χ3v) is 4.78. The molecule has 3 amide bonds. The van der Waals surface area contributed by atoms with Gasteiger partial charge in [0.1, 0.15) is 5.75 Å². The molecule has 4 N–H and O–H groups in total. The summed E-state index contributed by atoms with van der Waals surface area (Å²) in [5.41, 5.74) is 2.07. The van der Waals surface area contributed by atoms with Crippen LogP contribution in [-0.2, 0) is 9.59 Å². The van der Waals surface area contributed by atoms with Crippen molar-refractivity contribution in [3.63, 3.8) is 0 Å². The first-order valence-corrected chi connectivity index (χ1v) is 10.4. The average molecular weight is 448 g/mol. The van der Waals surface area contributed by atoms with Gasteiger partial charge in [-0.15, -0.1) is 0 Å². The van der Waals surface area contributed by atoms with E-state index in [1.54, 1.807) is 74.8 Å². The number of para-hydroxylation sites is 2. The van der Waals surface area contributed by atoms with Crippen LogP contribution in [0.1, 0.15) is 10.4 Å². The number of ether oxygens (including phenoxy) is 1. The van der Waals surface area contributed by atoms with Crippen molar-refractivity contribution in [3.8, 4) is 5.75 Å². The highest BCUT2D eigenvalue weighted by Gasteiger charge is 2.17. The second-order valence-corrected chi connectivity index (χ2v) is 7.50. The number of amides is 3. The molecule has 8 heteroatoms. The van der Waals surface area contributed by atoms with Crippen LogP contribution in [0.4, 0.5) is 17.1 Å². The quantitative estimate of drug-likeness (QED) is 0.403. The molecule has 0 spiro atoms. The summed E-state index contributed by atoms with van der Waals surface area (Å²) in [6.45, 7) is 0.167. The Morgan fingerprint density at radius 1 is 0.727 bits per heavy atom. The lowest BCUT2D eigenvalue weighted by Crippen LogP contribution is -3.11. The zero-order valence-electron chi connectivity index (χ0n) is 18.6. The Hall–Kier alpha value is -4.17. The van der Waals surface area contributed by atoms with Crippen molar-refractivity contribution in [2.45, 2.75) is 0 Å². The highest BCUT2D eigenvalue weighted by atomic mass is 16.5. The van der Waals surface area contributed by atoms with Gasteiger partial charge in [-0.1, -0.05) is 30.3 Å². The molecular weight excluding hydrogens is 420 g/mol. The lowest BCUT2D eigenvalue weighted by Gasteiger charge is -2.15. The molecule has 0 heterocycles. The number of rotatable bonds is 9. The molecule has 0 aromatic heterocycles. The van der Waals surface area contributed by atoms with Gasteiger partial charge >= 0.3 is 0 Å². The largest absolute Gasteiger partial charge is 0.497 e. The Morgan fingerprint density at radius 3 is 1.97 bits per heavy atom. The summed E-state index contributed by atoms with van der Waals surface area (Å²) in [4.78, 5) is 38.2. The zero-order chi connectivity index (χ0) is 23.6. The summed E-state index contributed by atoms with van der Waals surface area (Å²) < 4.78 is 5.10. The highest BCUT2D eigenvalue weighted by Crippen LogP contribution is 2.17. The van der Waals surface area contributed by atoms with E-state index in [9.17, 15) is 14.4 Å². The van der Waals surface area contributed by atoms with Crippen LogP contribution in [0.2, 0.25) is 0 Å². The van der Waals surface area contributed by atoms with Crippen molar-refractivity contribution < 1.29 is 24.0 Å². The highest BCUT2D eigenvalue weighted by molar-refractivity contribution is 6.10. The zero-order valence-corrected chi connectivity index (χ0v) is 18.6. The second kappa shape index (κ2) is 11.4. The van der Waals surface area contributed by atoms with Crippen LogP contribution in [-0.4, -0.2) is 45.0 Å². The predicted octanol–water partition coefficient (Wildman–Crippen LogP) is 2.04. The van der Waals surface area contributed by atoms with Crippen molar-refractivity contribution in [2.75, 3.05) is 43.2 Å². The fraction of sp³-hybridized carbons (Fsp3) is 0.160. The molecule has 3 aromatic carbocycles. The third-order valence-electron chi connectivity index (χ3n) is 4.78. The summed E-state index contributed by atoms with van der Waals surface area (Å²) in [6.07, 6.45) is 0. The number of nitrogens with one attached hydrogen (secondary N) is 4. The van der Waals surface area contributed by atoms with Crippen molar-refractivity contribution in [2.24, 2.45) is 0 Å². The van der Waals surface area contributed by atoms with Gasteiger partial charge in [0, 0.05) is 11.4 Å². The van der Waals surface area contributed by atoms with Crippen LogP contribution in [0.15, 0.2) is 78.9 Å². The van der Waals surface area contributed by atoms with Gasteiger partial charge in [0.15, 0.2) is 13.1 Å². The summed E-state index contributed by atoms with van der Waals surface area (Å²) in [5.74, 6) is -0.139. The molecule has 1 atom stereocenters. The van der Waals surface area contributed by atoms with Gasteiger partial charge in [0.05, 0.1) is 25.4 Å². The summed E-state index contributed by atoms with van der Waals surface area (Å²) in [7, 11) is 3.33. The number of likely N-dealkylation sites (N-methyl/N-ethyl adjacent to an activating group) is 1. The normalized spacial score (nSPS) is 11.2. The van der Waals surface area contributed by atoms with Gasteiger partial charge in [0.25, 0.3) is 17.7 Å². The van der Waals surface area contributed by atoms with E-state index in [4.69, 9.17) is 4.74 Å². The van der Waals surface area contributed by atoms with Crippen LogP contribution in [0, 0.1) is 0 Å². The Balaban J connectivity index is 1.53. The van der Waals surface area contributed by atoms with E-state index < -0.39 is 0 Å². The molecule has 0 aliphatic carbocycles. The van der Waals surface area contributed by atoms with E-state index in [1.165, 1.54) is 0 Å². The first-order chi connectivity index (χ1) is 15.9. The molecule has 0 aliphatic rings. The van der Waals surface area contributed by atoms with E-state index in [2.05, 4.69) is 16.0 Å². The number of methoxy groups -OCH3 is 1. The molecule has 170 valence electrons. The van der Waals surface area contributed by atoms with E-state index in [0.717, 1.165) is 0 Å². The number of hydrogen-bond donors (Lipinski definition) is 4. The molecule has 0 saturated carbocycles. The van der Waals surface area contributed by atoms with Crippen molar-refractivity contribution in [3.05, 3.63) is 84.4 Å². The fourth-order valence-electron chi connectivity index (χ4n) is 3.19. The van der Waals surface area contributed by atoms with E-state index in [0.29, 0.717) is 33.3 Å². The fourth-order valence-corrected chi connectivity index (χ4v) is 3.19. The Morgan fingerprint density at radius 2 is 1.30 bits per heavy atom. The molecule has 0 aliphatic heterocycles. The molecule has 3 aromatic rings. The molecule has 3 rings (SSSR count). The van der Waals surface area contributed by atoms with Crippen molar-refractivity contribution >= 4 is 34.8 Å². The van der Waals surface area contributed by atoms with Gasteiger partial charge in [-0.05, 0) is 48.5 Å². The molecule has 0 bridgehead atoms. The monoisotopic (exact) mass is 447 g/mol. The van der Waals surface area contributed by atoms with E-state index in [1.807, 2.05) is 18.2 Å². The van der Waals surface area contributed by atoms with Crippen LogP contribution >= 0.6 is 0 Å². The van der Waals surface area contributed by atoms with Crippen LogP contribution in [0.3, 0.4) is 0 Å². The maximum Gasteiger partial charge on any atom is 0.279 e. The Bertz CT molecular complexity index is 1100. The van der Waals surface area contributed by atoms with Gasteiger partial charge in [-0.3, -0.25) is 14.4 Å². The van der Waals surface area contributed by atoms with Crippen LogP contribution in [0.5, 0.6) is 5.75 Å². The standard InChI is InChI=1S/C25H26N4O4/c1-29(16-23(30)26-19-12-14-20(33-2)15-13-19)17-24(31)28-22-11-7-6-10-21(22)25(32)27-18-8-4-3-5-9-18/h3-15H,16-17H2,1-2H3,(H,26,30)(H,27,32)(H,28,31)/p+1. The van der Waals surface area contributed by atoms with Crippen LogP contribution < -0.4 is 25.6 Å². The number of benzene rings is 3.